The molecule has 2 unspecified atom stereocenters. The van der Waals surface area contributed by atoms with Crippen molar-refractivity contribution in [3.05, 3.63) is 0 Å². The van der Waals surface area contributed by atoms with E-state index < -0.39 is 11.5 Å². The highest BCUT2D eigenvalue weighted by molar-refractivity contribution is 5.78. The molecule has 0 amide bonds. The molecule has 1 heterocycles. The van der Waals surface area contributed by atoms with Gasteiger partial charge in [-0.2, -0.15) is 0 Å². The number of likely N-dealkylation sites (N-methyl/N-ethyl adjacent to an activating group) is 1. The Bertz CT molecular complexity index is 293. The molecular weight excluding hydrogens is 256 g/mol. The maximum atomic E-state index is 11.4. The van der Waals surface area contributed by atoms with E-state index in [-0.39, 0.29) is 0 Å². The number of carbonyl (C=O) groups is 1. The Morgan fingerprint density at radius 2 is 2.25 bits per heavy atom. The van der Waals surface area contributed by atoms with E-state index in [2.05, 4.69) is 17.3 Å². The third kappa shape index (κ3) is 5.38. The summed E-state index contributed by atoms with van der Waals surface area (Å²) in [6.45, 7) is 7.31. The SMILES string of the molecule is CCCNC(C)(CCCCN(C)C1CCOC1)C(=O)O. The van der Waals surface area contributed by atoms with Gasteiger partial charge in [0.05, 0.1) is 6.61 Å². The molecule has 0 radical (unpaired) electrons. The van der Waals surface area contributed by atoms with E-state index in [1.54, 1.807) is 6.92 Å². The maximum absolute atomic E-state index is 11.4. The van der Waals surface area contributed by atoms with Gasteiger partial charge < -0.3 is 20.1 Å². The zero-order chi connectivity index (χ0) is 15.0. The van der Waals surface area contributed by atoms with Crippen molar-refractivity contribution in [3.8, 4) is 0 Å². The molecule has 0 saturated carbocycles. The molecule has 0 aromatic heterocycles. The monoisotopic (exact) mass is 286 g/mol. The number of carboxylic acids is 1. The molecule has 2 N–H and O–H groups in total. The molecule has 0 aromatic rings. The first-order valence-electron chi connectivity index (χ1n) is 7.76. The van der Waals surface area contributed by atoms with Crippen molar-refractivity contribution in [3.63, 3.8) is 0 Å². The topological polar surface area (TPSA) is 61.8 Å². The summed E-state index contributed by atoms with van der Waals surface area (Å²) in [7, 11) is 2.13. The van der Waals surface area contributed by atoms with Crippen molar-refractivity contribution in [2.24, 2.45) is 0 Å². The Morgan fingerprint density at radius 1 is 1.50 bits per heavy atom. The summed E-state index contributed by atoms with van der Waals surface area (Å²) in [6.07, 6.45) is 4.70. The first kappa shape index (κ1) is 17.4. The Hall–Kier alpha value is -0.650. The molecule has 1 aliphatic rings. The van der Waals surface area contributed by atoms with Crippen molar-refractivity contribution >= 4 is 5.97 Å². The normalized spacial score (nSPS) is 22.1. The fourth-order valence-corrected chi connectivity index (χ4v) is 2.56. The average Bonchev–Trinajstić information content (AvgIpc) is 2.95. The molecule has 118 valence electrons. The molecule has 2 atom stereocenters. The highest BCUT2D eigenvalue weighted by Crippen LogP contribution is 2.16. The number of hydrogen-bond acceptors (Lipinski definition) is 4. The number of nitrogens with zero attached hydrogens (tertiary/aromatic N) is 1. The average molecular weight is 286 g/mol. The quantitative estimate of drug-likeness (QED) is 0.599. The van der Waals surface area contributed by atoms with Gasteiger partial charge in [-0.15, -0.1) is 0 Å². The van der Waals surface area contributed by atoms with E-state index in [4.69, 9.17) is 4.74 Å². The minimum Gasteiger partial charge on any atom is -0.480 e. The predicted molar refractivity (Wildman–Crippen MR) is 80.0 cm³/mol. The standard InChI is InChI=1S/C15H30N2O3/c1-4-9-16-15(2,14(18)19)8-5-6-10-17(3)13-7-11-20-12-13/h13,16H,4-12H2,1-3H3,(H,18,19). The Morgan fingerprint density at radius 3 is 2.80 bits per heavy atom. The molecular formula is C15H30N2O3. The summed E-state index contributed by atoms with van der Waals surface area (Å²) >= 11 is 0. The van der Waals surface area contributed by atoms with E-state index in [0.29, 0.717) is 12.5 Å². The van der Waals surface area contributed by atoms with Gasteiger partial charge >= 0.3 is 5.97 Å². The van der Waals surface area contributed by atoms with Gasteiger partial charge in [0, 0.05) is 12.6 Å². The third-order valence-corrected chi connectivity index (χ3v) is 4.20. The van der Waals surface area contributed by atoms with Crippen LogP contribution in [0, 0.1) is 0 Å². The summed E-state index contributed by atoms with van der Waals surface area (Å²) < 4.78 is 5.39. The summed E-state index contributed by atoms with van der Waals surface area (Å²) in [5.74, 6) is -0.747. The van der Waals surface area contributed by atoms with E-state index in [1.807, 2.05) is 6.92 Å². The van der Waals surface area contributed by atoms with Gasteiger partial charge in [0.25, 0.3) is 0 Å². The molecule has 5 nitrogen and oxygen atoms in total. The summed E-state index contributed by atoms with van der Waals surface area (Å²) in [5, 5.41) is 12.5. The molecule has 1 aliphatic heterocycles. The highest BCUT2D eigenvalue weighted by atomic mass is 16.5. The van der Waals surface area contributed by atoms with Crippen LogP contribution in [0.2, 0.25) is 0 Å². The lowest BCUT2D eigenvalue weighted by Crippen LogP contribution is -2.49. The van der Waals surface area contributed by atoms with Crippen LogP contribution in [0.25, 0.3) is 0 Å². The summed E-state index contributed by atoms with van der Waals surface area (Å²) in [4.78, 5) is 13.7. The lowest BCUT2D eigenvalue weighted by Gasteiger charge is -2.27. The maximum Gasteiger partial charge on any atom is 0.323 e. The van der Waals surface area contributed by atoms with Crippen LogP contribution in [-0.2, 0) is 9.53 Å². The van der Waals surface area contributed by atoms with Crippen LogP contribution in [0.3, 0.4) is 0 Å². The van der Waals surface area contributed by atoms with E-state index >= 15 is 0 Å². The van der Waals surface area contributed by atoms with Gasteiger partial charge in [-0.3, -0.25) is 4.79 Å². The molecule has 0 aliphatic carbocycles. The van der Waals surface area contributed by atoms with Crippen molar-refractivity contribution in [2.45, 2.75) is 57.5 Å². The van der Waals surface area contributed by atoms with E-state index in [1.165, 1.54) is 0 Å². The molecule has 1 rings (SSSR count). The summed E-state index contributed by atoms with van der Waals surface area (Å²) in [6, 6.07) is 0.541. The number of nitrogens with one attached hydrogen (secondary N) is 1. The van der Waals surface area contributed by atoms with Crippen LogP contribution in [0.1, 0.15) is 46.0 Å². The number of aliphatic carboxylic acids is 1. The highest BCUT2D eigenvalue weighted by Gasteiger charge is 2.31. The van der Waals surface area contributed by atoms with Crippen LogP contribution >= 0.6 is 0 Å². The smallest absolute Gasteiger partial charge is 0.323 e. The second-order valence-electron chi connectivity index (χ2n) is 6.02. The number of carboxylic acid groups (broad SMARTS) is 1. The van der Waals surface area contributed by atoms with E-state index in [0.717, 1.165) is 52.0 Å². The van der Waals surface area contributed by atoms with Crippen LogP contribution in [-0.4, -0.2) is 60.9 Å². The first-order valence-corrected chi connectivity index (χ1v) is 7.76. The molecule has 1 fully saturated rings. The second-order valence-corrected chi connectivity index (χ2v) is 6.02. The van der Waals surface area contributed by atoms with E-state index in [9.17, 15) is 9.90 Å². The molecule has 20 heavy (non-hydrogen) atoms. The second kappa shape index (κ2) is 8.60. The van der Waals surface area contributed by atoms with Crippen LogP contribution in [0.15, 0.2) is 0 Å². The Kier molecular flexibility index (Phi) is 7.48. The van der Waals surface area contributed by atoms with Crippen LogP contribution in [0.4, 0.5) is 0 Å². The van der Waals surface area contributed by atoms with Crippen molar-refractivity contribution < 1.29 is 14.6 Å². The van der Waals surface area contributed by atoms with Gasteiger partial charge in [0.15, 0.2) is 0 Å². The molecule has 0 bridgehead atoms. The van der Waals surface area contributed by atoms with Crippen molar-refractivity contribution in [1.82, 2.24) is 10.2 Å². The first-order chi connectivity index (χ1) is 9.49. The van der Waals surface area contributed by atoms with Crippen molar-refractivity contribution in [2.75, 3.05) is 33.4 Å². The number of ether oxygens (including phenoxy) is 1. The lowest BCUT2D eigenvalue weighted by atomic mass is 9.94. The predicted octanol–water partition coefficient (Wildman–Crippen LogP) is 1.72. The zero-order valence-electron chi connectivity index (χ0n) is 13.2. The lowest BCUT2D eigenvalue weighted by molar-refractivity contribution is -0.144. The van der Waals surface area contributed by atoms with Gasteiger partial charge in [-0.1, -0.05) is 6.92 Å². The van der Waals surface area contributed by atoms with Gasteiger partial charge in [0.1, 0.15) is 5.54 Å². The largest absolute Gasteiger partial charge is 0.480 e. The molecule has 0 aromatic carbocycles. The summed E-state index contributed by atoms with van der Waals surface area (Å²) in [5.41, 5.74) is -0.787. The molecule has 0 spiro atoms. The fraction of sp³-hybridized carbons (Fsp3) is 0.933. The van der Waals surface area contributed by atoms with Crippen LogP contribution in [0.5, 0.6) is 0 Å². The Labute approximate surface area is 122 Å². The molecule has 1 saturated heterocycles. The van der Waals surface area contributed by atoms with Crippen LogP contribution < -0.4 is 5.32 Å². The zero-order valence-corrected chi connectivity index (χ0v) is 13.2. The van der Waals surface area contributed by atoms with Gasteiger partial charge in [-0.05, 0) is 59.2 Å². The van der Waals surface area contributed by atoms with Gasteiger partial charge in [0.2, 0.25) is 0 Å². The molecule has 5 heteroatoms. The number of unbranched alkanes of at least 4 members (excludes halogenated alkanes) is 1. The minimum atomic E-state index is -0.787. The van der Waals surface area contributed by atoms with Crippen molar-refractivity contribution in [1.29, 1.82) is 0 Å². The number of rotatable bonds is 10. The fourth-order valence-electron chi connectivity index (χ4n) is 2.56. The Balaban J connectivity index is 2.24. The number of hydrogen-bond donors (Lipinski definition) is 2. The van der Waals surface area contributed by atoms with Gasteiger partial charge in [-0.25, -0.2) is 0 Å². The third-order valence-electron chi connectivity index (χ3n) is 4.20. The minimum absolute atomic E-state index is 0.541.